The van der Waals surface area contributed by atoms with E-state index in [0.717, 1.165) is 24.0 Å². The van der Waals surface area contributed by atoms with Crippen LogP contribution in [0.1, 0.15) is 36.0 Å². The number of amides is 1. The van der Waals surface area contributed by atoms with Crippen LogP contribution in [0.3, 0.4) is 0 Å². The molecule has 0 radical (unpaired) electrons. The second-order valence-corrected chi connectivity index (χ2v) is 9.45. The summed E-state index contributed by atoms with van der Waals surface area (Å²) < 4.78 is 27.4. The predicted molar refractivity (Wildman–Crippen MR) is 119 cm³/mol. The maximum Gasteiger partial charge on any atom is 0.232 e. The van der Waals surface area contributed by atoms with Gasteiger partial charge in [-0.2, -0.15) is 5.26 Å². The molecule has 30 heavy (non-hydrogen) atoms. The molecule has 6 nitrogen and oxygen atoms in total. The van der Waals surface area contributed by atoms with E-state index in [1.807, 2.05) is 24.3 Å². The molecule has 158 valence electrons. The van der Waals surface area contributed by atoms with E-state index in [9.17, 15) is 13.2 Å². The first kappa shape index (κ1) is 22.1. The van der Waals surface area contributed by atoms with E-state index >= 15 is 0 Å². The number of nitriles is 1. The Morgan fingerprint density at radius 3 is 2.67 bits per heavy atom. The number of sulfonamides is 1. The molecule has 1 aliphatic heterocycles. The molecule has 1 aliphatic rings. The zero-order valence-corrected chi connectivity index (χ0v) is 18.2. The first-order valence-electron chi connectivity index (χ1n) is 9.91. The largest absolute Gasteiger partial charge is 0.310 e. The molecule has 0 unspecified atom stereocenters. The number of nitrogens with one attached hydrogen (secondary N) is 1. The van der Waals surface area contributed by atoms with Crippen LogP contribution < -0.4 is 9.62 Å². The van der Waals surface area contributed by atoms with Gasteiger partial charge in [-0.25, -0.2) is 8.42 Å². The highest BCUT2D eigenvalue weighted by atomic mass is 35.5. The highest BCUT2D eigenvalue weighted by molar-refractivity contribution is 7.92. The van der Waals surface area contributed by atoms with Crippen molar-refractivity contribution in [2.75, 3.05) is 27.8 Å². The number of benzene rings is 2. The lowest BCUT2D eigenvalue weighted by atomic mass is 9.99. The molecule has 8 heteroatoms. The number of aryl methyl sites for hydroxylation is 2. The standard InChI is InChI=1S/C22H24ClN3O3S/c23-13-3-15-30(28,29)25-20-6-1-4-19-5-2-14-26(22(19)20)21(27)12-11-17-7-9-18(16-24)10-8-17/h1,4,6-10,25H,2-3,5,11-15H2. The van der Waals surface area contributed by atoms with Gasteiger partial charge in [0.15, 0.2) is 0 Å². The number of alkyl halides is 1. The van der Waals surface area contributed by atoms with Crippen LogP contribution in [0.15, 0.2) is 42.5 Å². The molecular formula is C22H24ClN3O3S. The normalized spacial score (nSPS) is 13.4. The number of carbonyl (C=O) groups is 1. The van der Waals surface area contributed by atoms with Crippen molar-refractivity contribution < 1.29 is 13.2 Å². The Hall–Kier alpha value is -2.56. The zero-order valence-electron chi connectivity index (χ0n) is 16.6. The summed E-state index contributed by atoms with van der Waals surface area (Å²) in [7, 11) is -3.54. The third-order valence-electron chi connectivity index (χ3n) is 5.04. The van der Waals surface area contributed by atoms with E-state index in [-0.39, 0.29) is 17.5 Å². The van der Waals surface area contributed by atoms with Gasteiger partial charge in [-0.1, -0.05) is 24.3 Å². The van der Waals surface area contributed by atoms with Gasteiger partial charge in [-0.3, -0.25) is 9.52 Å². The van der Waals surface area contributed by atoms with Gasteiger partial charge in [0.05, 0.1) is 28.8 Å². The summed E-state index contributed by atoms with van der Waals surface area (Å²) in [6.45, 7) is 0.555. The molecule has 2 aromatic carbocycles. The fraction of sp³-hybridized carbons (Fsp3) is 0.364. The van der Waals surface area contributed by atoms with Crippen molar-refractivity contribution in [3.63, 3.8) is 0 Å². The maximum absolute atomic E-state index is 13.0. The monoisotopic (exact) mass is 445 g/mol. The highest BCUT2D eigenvalue weighted by Gasteiger charge is 2.26. The molecule has 1 amide bonds. The summed E-state index contributed by atoms with van der Waals surface area (Å²) in [5.41, 5.74) is 3.62. The SMILES string of the molecule is N#Cc1ccc(CCC(=O)N2CCCc3cccc(NS(=O)(=O)CCCCl)c32)cc1. The summed E-state index contributed by atoms with van der Waals surface area (Å²) in [6, 6.07) is 14.7. The van der Waals surface area contributed by atoms with E-state index in [4.69, 9.17) is 16.9 Å². The number of nitrogens with zero attached hydrogens (tertiary/aromatic N) is 2. The van der Waals surface area contributed by atoms with Crippen molar-refractivity contribution in [1.82, 2.24) is 0 Å². The second-order valence-electron chi connectivity index (χ2n) is 7.23. The average molecular weight is 446 g/mol. The number of fused-ring (bicyclic) bond motifs is 1. The van der Waals surface area contributed by atoms with Crippen LogP contribution in [0.5, 0.6) is 0 Å². The van der Waals surface area contributed by atoms with Gasteiger partial charge in [-0.05, 0) is 55.0 Å². The molecule has 3 rings (SSSR count). The van der Waals surface area contributed by atoms with Gasteiger partial charge < -0.3 is 4.90 Å². The predicted octanol–water partition coefficient (Wildman–Crippen LogP) is 3.84. The quantitative estimate of drug-likeness (QED) is 0.625. The molecule has 0 atom stereocenters. The molecule has 0 spiro atoms. The van der Waals surface area contributed by atoms with Gasteiger partial charge >= 0.3 is 0 Å². The van der Waals surface area contributed by atoms with E-state index in [0.29, 0.717) is 42.7 Å². The maximum atomic E-state index is 13.0. The molecule has 0 fully saturated rings. The van der Waals surface area contributed by atoms with Gasteiger partial charge in [0, 0.05) is 18.8 Å². The fourth-order valence-electron chi connectivity index (χ4n) is 3.58. The van der Waals surface area contributed by atoms with Gasteiger partial charge in [-0.15, -0.1) is 11.6 Å². The summed E-state index contributed by atoms with van der Waals surface area (Å²) in [6.07, 6.45) is 2.85. The number of halogens is 1. The molecule has 0 aliphatic carbocycles. The van der Waals surface area contributed by atoms with Crippen LogP contribution in [-0.2, 0) is 27.7 Å². The van der Waals surface area contributed by atoms with Crippen molar-refractivity contribution in [3.05, 3.63) is 59.2 Å². The number of carbonyl (C=O) groups excluding carboxylic acids is 1. The van der Waals surface area contributed by atoms with Crippen molar-refractivity contribution in [2.45, 2.75) is 32.1 Å². The Labute approximate surface area is 182 Å². The lowest BCUT2D eigenvalue weighted by molar-refractivity contribution is -0.118. The van der Waals surface area contributed by atoms with Crippen molar-refractivity contribution in [1.29, 1.82) is 5.26 Å². The summed E-state index contributed by atoms with van der Waals surface area (Å²) in [5, 5.41) is 8.90. The van der Waals surface area contributed by atoms with Gasteiger partial charge in [0.2, 0.25) is 15.9 Å². The molecule has 0 aromatic heterocycles. The van der Waals surface area contributed by atoms with E-state index in [2.05, 4.69) is 10.8 Å². The van der Waals surface area contributed by atoms with E-state index < -0.39 is 10.0 Å². The lowest BCUT2D eigenvalue weighted by Crippen LogP contribution is -2.36. The van der Waals surface area contributed by atoms with Crippen LogP contribution in [0.2, 0.25) is 0 Å². The first-order valence-corrected chi connectivity index (χ1v) is 12.1. The van der Waals surface area contributed by atoms with Crippen molar-refractivity contribution in [2.24, 2.45) is 0 Å². The van der Waals surface area contributed by atoms with Crippen LogP contribution >= 0.6 is 11.6 Å². The fourth-order valence-corrected chi connectivity index (χ4v) is 5.00. The minimum absolute atomic E-state index is 0.0484. The lowest BCUT2D eigenvalue weighted by Gasteiger charge is -2.32. The Balaban J connectivity index is 1.78. The van der Waals surface area contributed by atoms with Crippen LogP contribution in [0.25, 0.3) is 0 Å². The second kappa shape index (κ2) is 9.96. The minimum Gasteiger partial charge on any atom is -0.310 e. The molecule has 0 bridgehead atoms. The topological polar surface area (TPSA) is 90.3 Å². The number of hydrogen-bond acceptors (Lipinski definition) is 4. The van der Waals surface area contributed by atoms with Gasteiger partial charge in [0.1, 0.15) is 0 Å². The van der Waals surface area contributed by atoms with Crippen LogP contribution in [-0.4, -0.2) is 32.5 Å². The Kier molecular flexibility index (Phi) is 7.35. The minimum atomic E-state index is -3.54. The van der Waals surface area contributed by atoms with Crippen molar-refractivity contribution >= 4 is 38.9 Å². The third kappa shape index (κ3) is 5.53. The van der Waals surface area contributed by atoms with Crippen LogP contribution in [0, 0.1) is 11.3 Å². The molecule has 1 heterocycles. The van der Waals surface area contributed by atoms with E-state index in [1.165, 1.54) is 0 Å². The smallest absolute Gasteiger partial charge is 0.232 e. The van der Waals surface area contributed by atoms with Crippen molar-refractivity contribution in [3.8, 4) is 6.07 Å². The third-order valence-corrected chi connectivity index (χ3v) is 6.67. The first-order chi connectivity index (χ1) is 14.4. The number of anilines is 2. The Bertz CT molecular complexity index is 1050. The molecule has 1 N–H and O–H groups in total. The summed E-state index contributed by atoms with van der Waals surface area (Å²) in [5.74, 6) is 0.160. The number of rotatable bonds is 8. The molecule has 0 saturated carbocycles. The number of hydrogen-bond donors (Lipinski definition) is 1. The van der Waals surface area contributed by atoms with Gasteiger partial charge in [0.25, 0.3) is 0 Å². The molecule has 2 aromatic rings. The summed E-state index contributed by atoms with van der Waals surface area (Å²) in [4.78, 5) is 14.7. The highest BCUT2D eigenvalue weighted by Crippen LogP contribution is 2.35. The van der Waals surface area contributed by atoms with Crippen LogP contribution in [0.4, 0.5) is 11.4 Å². The zero-order chi connectivity index (χ0) is 21.6. The average Bonchev–Trinajstić information content (AvgIpc) is 2.76. The molecule has 0 saturated heterocycles. The Morgan fingerprint density at radius 2 is 1.97 bits per heavy atom. The number of para-hydroxylation sites is 1. The summed E-state index contributed by atoms with van der Waals surface area (Å²) >= 11 is 5.63. The Morgan fingerprint density at radius 1 is 1.20 bits per heavy atom. The molecular weight excluding hydrogens is 422 g/mol. The van der Waals surface area contributed by atoms with E-state index in [1.54, 1.807) is 23.1 Å².